The molecule has 0 spiro atoms. The first kappa shape index (κ1) is 24.4. The number of halogens is 1. The highest BCUT2D eigenvalue weighted by atomic mass is 19.1. The minimum absolute atomic E-state index is 0.317. The lowest BCUT2D eigenvalue weighted by Crippen LogP contribution is -2.55. The average molecular weight is 464 g/mol. The second kappa shape index (κ2) is 9.87. The summed E-state index contributed by atoms with van der Waals surface area (Å²) in [5.74, 6) is 0.691. The minimum Gasteiger partial charge on any atom is -0.360 e. The van der Waals surface area contributed by atoms with E-state index in [1.165, 1.54) is 32.1 Å². The summed E-state index contributed by atoms with van der Waals surface area (Å²) in [6, 6.07) is 3.44. The number of imidazole rings is 1. The van der Waals surface area contributed by atoms with Crippen LogP contribution in [-0.4, -0.2) is 57.2 Å². The Bertz CT molecular complexity index is 1160. The molecule has 2 aromatic rings. The van der Waals surface area contributed by atoms with E-state index in [9.17, 15) is 4.39 Å². The SMILES string of the molecule is C=C/C(N=C(C)N(C)C1CC2CCCC(C1)N2C)=C(C)\C=C(/C)c1cc(F)c2nc(C)cn2c1. The van der Waals surface area contributed by atoms with Crippen molar-refractivity contribution >= 4 is 17.1 Å². The van der Waals surface area contributed by atoms with Crippen molar-refractivity contribution in [1.82, 2.24) is 19.2 Å². The van der Waals surface area contributed by atoms with Crippen molar-refractivity contribution in [1.29, 1.82) is 0 Å². The fourth-order valence-electron chi connectivity index (χ4n) is 5.59. The molecule has 6 heteroatoms. The third-order valence-corrected chi connectivity index (χ3v) is 7.77. The van der Waals surface area contributed by atoms with Gasteiger partial charge in [0.1, 0.15) is 5.84 Å². The van der Waals surface area contributed by atoms with E-state index in [2.05, 4.69) is 48.5 Å². The van der Waals surface area contributed by atoms with Crippen LogP contribution in [0.1, 0.15) is 64.1 Å². The van der Waals surface area contributed by atoms with Gasteiger partial charge in [0.15, 0.2) is 11.5 Å². The largest absolute Gasteiger partial charge is 0.360 e. The molecule has 2 aromatic heterocycles. The monoisotopic (exact) mass is 463 g/mol. The first-order chi connectivity index (χ1) is 16.2. The summed E-state index contributed by atoms with van der Waals surface area (Å²) in [5.41, 5.74) is 4.79. The molecule has 4 rings (SSSR count). The number of aromatic nitrogens is 2. The molecule has 2 bridgehead atoms. The third-order valence-electron chi connectivity index (χ3n) is 7.77. The maximum Gasteiger partial charge on any atom is 0.173 e. The maximum atomic E-state index is 14.6. The predicted octanol–water partition coefficient (Wildman–Crippen LogP) is 6.01. The summed E-state index contributed by atoms with van der Waals surface area (Å²) in [5, 5.41) is 0. The molecule has 2 fully saturated rings. The highest BCUT2D eigenvalue weighted by Gasteiger charge is 2.37. The lowest BCUT2D eigenvalue weighted by atomic mass is 9.82. The van der Waals surface area contributed by atoms with Crippen LogP contribution in [0.4, 0.5) is 4.39 Å². The molecule has 2 saturated heterocycles. The molecule has 34 heavy (non-hydrogen) atoms. The zero-order valence-electron chi connectivity index (χ0n) is 21.5. The Balaban J connectivity index is 1.56. The van der Waals surface area contributed by atoms with Gasteiger partial charge in [-0.2, -0.15) is 0 Å². The molecule has 0 saturated carbocycles. The van der Waals surface area contributed by atoms with E-state index in [-0.39, 0.29) is 5.82 Å². The van der Waals surface area contributed by atoms with Crippen LogP contribution in [0.25, 0.3) is 11.2 Å². The summed E-state index contributed by atoms with van der Waals surface area (Å²) in [7, 11) is 4.46. The van der Waals surface area contributed by atoms with Gasteiger partial charge < -0.3 is 14.2 Å². The van der Waals surface area contributed by atoms with Crippen LogP contribution in [0.2, 0.25) is 0 Å². The van der Waals surface area contributed by atoms with Crippen molar-refractivity contribution in [3.63, 3.8) is 0 Å². The van der Waals surface area contributed by atoms with Crippen molar-refractivity contribution in [2.75, 3.05) is 14.1 Å². The van der Waals surface area contributed by atoms with Crippen LogP contribution >= 0.6 is 0 Å². The Labute approximate surface area is 203 Å². The van der Waals surface area contributed by atoms with Crippen LogP contribution in [-0.2, 0) is 0 Å². The van der Waals surface area contributed by atoms with Crippen LogP contribution < -0.4 is 0 Å². The number of pyridine rings is 1. The van der Waals surface area contributed by atoms with Gasteiger partial charge in [-0.3, -0.25) is 0 Å². The number of aryl methyl sites for hydroxylation is 1. The van der Waals surface area contributed by atoms with Crippen molar-refractivity contribution in [2.45, 2.75) is 77.9 Å². The molecule has 0 amide bonds. The van der Waals surface area contributed by atoms with Crippen LogP contribution in [0.15, 0.2) is 53.5 Å². The molecule has 4 heterocycles. The Morgan fingerprint density at radius 2 is 1.88 bits per heavy atom. The van der Waals surface area contributed by atoms with Crippen LogP contribution in [0.5, 0.6) is 0 Å². The normalized spacial score (nSPS) is 24.9. The zero-order chi connectivity index (χ0) is 24.6. The van der Waals surface area contributed by atoms with E-state index in [0.717, 1.165) is 33.9 Å². The van der Waals surface area contributed by atoms with E-state index in [0.29, 0.717) is 23.8 Å². The predicted molar refractivity (Wildman–Crippen MR) is 140 cm³/mol. The van der Waals surface area contributed by atoms with Gasteiger partial charge in [-0.05, 0) is 89.3 Å². The van der Waals surface area contributed by atoms with Gasteiger partial charge >= 0.3 is 0 Å². The Kier molecular flexibility index (Phi) is 7.08. The van der Waals surface area contributed by atoms with E-state index in [1.54, 1.807) is 10.5 Å². The molecular formula is C28H38FN5. The average Bonchev–Trinajstić information content (AvgIpc) is 3.17. The highest BCUT2D eigenvalue weighted by Crippen LogP contribution is 2.34. The smallest absolute Gasteiger partial charge is 0.173 e. The van der Waals surface area contributed by atoms with Gasteiger partial charge in [0.25, 0.3) is 0 Å². The van der Waals surface area contributed by atoms with Crippen molar-refractivity contribution in [3.8, 4) is 0 Å². The Morgan fingerprint density at radius 1 is 1.21 bits per heavy atom. The van der Waals surface area contributed by atoms with Crippen molar-refractivity contribution in [2.24, 2.45) is 4.99 Å². The van der Waals surface area contributed by atoms with E-state index >= 15 is 0 Å². The summed E-state index contributed by atoms with van der Waals surface area (Å²) in [4.78, 5) is 14.2. The van der Waals surface area contributed by atoms with Gasteiger partial charge in [-0.1, -0.05) is 19.1 Å². The topological polar surface area (TPSA) is 36.1 Å². The van der Waals surface area contributed by atoms with Gasteiger partial charge in [0, 0.05) is 37.6 Å². The van der Waals surface area contributed by atoms with E-state index in [4.69, 9.17) is 4.99 Å². The Morgan fingerprint density at radius 3 is 2.53 bits per heavy atom. The van der Waals surface area contributed by atoms with E-state index in [1.807, 2.05) is 39.2 Å². The number of fused-ring (bicyclic) bond motifs is 3. The van der Waals surface area contributed by atoms with E-state index < -0.39 is 0 Å². The minimum atomic E-state index is -0.317. The lowest BCUT2D eigenvalue weighted by Gasteiger charge is -2.49. The molecule has 182 valence electrons. The van der Waals surface area contributed by atoms with Gasteiger partial charge in [0.2, 0.25) is 0 Å². The molecule has 0 aromatic carbocycles. The lowest BCUT2D eigenvalue weighted by molar-refractivity contribution is 0.0319. The van der Waals surface area contributed by atoms with Gasteiger partial charge in [-0.15, -0.1) is 0 Å². The maximum absolute atomic E-state index is 14.6. The fourth-order valence-corrected chi connectivity index (χ4v) is 5.59. The van der Waals surface area contributed by atoms with Crippen molar-refractivity contribution < 1.29 is 4.39 Å². The summed E-state index contributed by atoms with van der Waals surface area (Å²) in [6.07, 6.45) is 14.0. The number of allylic oxidation sites excluding steroid dienone is 4. The first-order valence-electron chi connectivity index (χ1n) is 12.3. The van der Waals surface area contributed by atoms with Crippen LogP contribution in [0.3, 0.4) is 0 Å². The summed E-state index contributed by atoms with van der Waals surface area (Å²) in [6.45, 7) is 12.0. The second-order valence-corrected chi connectivity index (χ2v) is 10.1. The molecule has 5 nitrogen and oxygen atoms in total. The third kappa shape index (κ3) is 4.88. The van der Waals surface area contributed by atoms with Crippen molar-refractivity contribution in [3.05, 3.63) is 65.5 Å². The molecule has 2 unspecified atom stereocenters. The molecule has 0 aliphatic carbocycles. The summed E-state index contributed by atoms with van der Waals surface area (Å²) < 4.78 is 16.3. The zero-order valence-corrected chi connectivity index (χ0v) is 21.5. The number of hydrogen-bond acceptors (Lipinski definition) is 3. The number of aliphatic imine (C=N–C) groups is 1. The molecule has 2 aliphatic heterocycles. The highest BCUT2D eigenvalue weighted by molar-refractivity contribution is 5.81. The number of nitrogens with zero attached hydrogens (tertiary/aromatic N) is 5. The first-order valence-corrected chi connectivity index (χ1v) is 12.3. The molecular weight excluding hydrogens is 425 g/mol. The number of rotatable bonds is 5. The number of hydrogen-bond donors (Lipinski definition) is 0. The van der Waals surface area contributed by atoms with Gasteiger partial charge in [0.05, 0.1) is 11.4 Å². The molecule has 2 atom stereocenters. The standard InChI is InChI=1S/C28H38FN5/c1-8-27(31-21(5)32(6)25-14-23-10-9-11-24(15-25)33(23)7)19(3)12-18(2)22-13-26(29)28-30-20(4)16-34(28)17-22/h8,12-13,16-17,23-25H,1,9-11,14-15H2,2-7H3/b18-12+,27-19+,31-21?. The van der Waals surface area contributed by atoms with Gasteiger partial charge in [-0.25, -0.2) is 14.4 Å². The number of amidine groups is 1. The Hall–Kier alpha value is -2.73. The quantitative estimate of drug-likeness (QED) is 0.309. The summed E-state index contributed by atoms with van der Waals surface area (Å²) >= 11 is 0. The fraction of sp³-hybridized carbons (Fsp3) is 0.500. The molecule has 2 aliphatic rings. The second-order valence-electron chi connectivity index (χ2n) is 10.1. The number of piperidine rings is 2. The molecule has 0 N–H and O–H groups in total. The van der Waals surface area contributed by atoms with Crippen LogP contribution in [0, 0.1) is 12.7 Å². The molecule has 0 radical (unpaired) electrons.